The van der Waals surface area contributed by atoms with Crippen LogP contribution >= 0.6 is 11.3 Å². The van der Waals surface area contributed by atoms with Gasteiger partial charge in [-0.15, -0.1) is 11.3 Å². The molecule has 0 atom stereocenters. The predicted molar refractivity (Wildman–Crippen MR) is 91.6 cm³/mol. The number of amides is 1. The Hall–Kier alpha value is -2.40. The number of nitrogens with one attached hydrogen (secondary N) is 1. The van der Waals surface area contributed by atoms with Gasteiger partial charge >= 0.3 is 0 Å². The first-order valence-corrected chi connectivity index (χ1v) is 8.26. The number of halogens is 1. The zero-order chi connectivity index (χ0) is 16.4. The van der Waals surface area contributed by atoms with E-state index in [0.29, 0.717) is 4.88 Å². The van der Waals surface area contributed by atoms with Gasteiger partial charge in [-0.05, 0) is 43.7 Å². The standard InChI is InChI=1S/C18H17FN2OS/c1-12(2)20-18(22)17-16(21-9-3-4-10-21)15(11-23-17)13-5-7-14(19)8-6-13/h3-12H,1-2H3,(H,20,22). The lowest BCUT2D eigenvalue weighted by atomic mass is 10.1. The van der Waals surface area contributed by atoms with Crippen LogP contribution in [0.2, 0.25) is 0 Å². The Balaban J connectivity index is 2.12. The molecule has 1 N–H and O–H groups in total. The smallest absolute Gasteiger partial charge is 0.263 e. The Bertz CT molecular complexity index is 804. The fourth-order valence-corrected chi connectivity index (χ4v) is 3.39. The highest BCUT2D eigenvalue weighted by molar-refractivity contribution is 7.13. The van der Waals surface area contributed by atoms with E-state index in [-0.39, 0.29) is 17.8 Å². The highest BCUT2D eigenvalue weighted by Gasteiger charge is 2.20. The topological polar surface area (TPSA) is 34.0 Å². The van der Waals surface area contributed by atoms with E-state index in [9.17, 15) is 9.18 Å². The summed E-state index contributed by atoms with van der Waals surface area (Å²) in [7, 11) is 0. The van der Waals surface area contributed by atoms with E-state index in [1.807, 2.05) is 48.3 Å². The van der Waals surface area contributed by atoms with Gasteiger partial charge in [0.25, 0.3) is 5.91 Å². The monoisotopic (exact) mass is 328 g/mol. The summed E-state index contributed by atoms with van der Waals surface area (Å²) in [6.07, 6.45) is 3.81. The average Bonchev–Trinajstić information content (AvgIpc) is 3.16. The highest BCUT2D eigenvalue weighted by Crippen LogP contribution is 2.35. The van der Waals surface area contributed by atoms with Gasteiger partial charge in [0.1, 0.15) is 10.7 Å². The summed E-state index contributed by atoms with van der Waals surface area (Å²) in [5, 5.41) is 4.88. The molecule has 0 fully saturated rings. The summed E-state index contributed by atoms with van der Waals surface area (Å²) in [6, 6.07) is 10.2. The van der Waals surface area contributed by atoms with E-state index in [1.165, 1.54) is 23.5 Å². The molecule has 0 radical (unpaired) electrons. The Morgan fingerprint density at radius 3 is 2.43 bits per heavy atom. The minimum atomic E-state index is -0.274. The maximum atomic E-state index is 13.2. The predicted octanol–water partition coefficient (Wildman–Crippen LogP) is 4.48. The average molecular weight is 328 g/mol. The molecule has 3 nitrogen and oxygen atoms in total. The van der Waals surface area contributed by atoms with Gasteiger partial charge in [0.05, 0.1) is 5.69 Å². The van der Waals surface area contributed by atoms with Crippen LogP contribution in [0.25, 0.3) is 16.8 Å². The molecule has 3 aromatic rings. The Morgan fingerprint density at radius 2 is 1.83 bits per heavy atom. The minimum absolute atomic E-state index is 0.0661. The number of aromatic nitrogens is 1. The number of carbonyl (C=O) groups is 1. The summed E-state index contributed by atoms with van der Waals surface area (Å²) in [5.74, 6) is -0.369. The van der Waals surface area contributed by atoms with Crippen LogP contribution in [0.4, 0.5) is 4.39 Å². The number of rotatable bonds is 4. The van der Waals surface area contributed by atoms with E-state index in [1.54, 1.807) is 12.1 Å². The maximum absolute atomic E-state index is 13.2. The van der Waals surface area contributed by atoms with Crippen molar-refractivity contribution in [2.75, 3.05) is 0 Å². The molecule has 118 valence electrons. The van der Waals surface area contributed by atoms with Crippen molar-refractivity contribution >= 4 is 17.2 Å². The van der Waals surface area contributed by atoms with Gasteiger partial charge in [0, 0.05) is 29.4 Å². The second-order valence-electron chi connectivity index (χ2n) is 5.55. The molecule has 2 heterocycles. The number of hydrogen-bond donors (Lipinski definition) is 1. The maximum Gasteiger partial charge on any atom is 0.263 e. The lowest BCUT2D eigenvalue weighted by molar-refractivity contribution is 0.0947. The normalized spacial score (nSPS) is 11.0. The van der Waals surface area contributed by atoms with Gasteiger partial charge in [-0.2, -0.15) is 0 Å². The molecule has 0 saturated carbocycles. The van der Waals surface area contributed by atoms with Crippen LogP contribution in [0.1, 0.15) is 23.5 Å². The van der Waals surface area contributed by atoms with Crippen molar-refractivity contribution in [2.45, 2.75) is 19.9 Å². The molecular weight excluding hydrogens is 311 g/mol. The molecule has 0 saturated heterocycles. The lowest BCUT2D eigenvalue weighted by Gasteiger charge is -2.11. The van der Waals surface area contributed by atoms with E-state index in [4.69, 9.17) is 0 Å². The number of nitrogens with zero attached hydrogens (tertiary/aromatic N) is 1. The van der Waals surface area contributed by atoms with Crippen LogP contribution in [-0.2, 0) is 0 Å². The molecule has 3 rings (SSSR count). The SMILES string of the molecule is CC(C)NC(=O)c1scc(-c2ccc(F)cc2)c1-n1cccc1. The first-order chi connectivity index (χ1) is 11.1. The van der Waals surface area contributed by atoms with Crippen LogP contribution in [0.5, 0.6) is 0 Å². The number of hydrogen-bond acceptors (Lipinski definition) is 2. The van der Waals surface area contributed by atoms with E-state index < -0.39 is 0 Å². The molecule has 23 heavy (non-hydrogen) atoms. The van der Waals surface area contributed by atoms with Gasteiger partial charge in [0.15, 0.2) is 0 Å². The number of thiophene rings is 1. The molecule has 0 unspecified atom stereocenters. The Labute approximate surface area is 138 Å². The molecular formula is C18H17FN2OS. The van der Waals surface area contributed by atoms with Crippen LogP contribution < -0.4 is 5.32 Å². The molecule has 0 aliphatic rings. The van der Waals surface area contributed by atoms with E-state index in [2.05, 4.69) is 5.32 Å². The van der Waals surface area contributed by atoms with Crippen molar-refractivity contribution < 1.29 is 9.18 Å². The molecule has 1 amide bonds. The number of benzene rings is 1. The molecule has 0 spiro atoms. The van der Waals surface area contributed by atoms with Crippen LogP contribution in [0, 0.1) is 5.82 Å². The second-order valence-corrected chi connectivity index (χ2v) is 6.43. The van der Waals surface area contributed by atoms with Crippen LogP contribution in [0.15, 0.2) is 54.2 Å². The largest absolute Gasteiger partial charge is 0.349 e. The zero-order valence-electron chi connectivity index (χ0n) is 12.9. The first-order valence-electron chi connectivity index (χ1n) is 7.38. The third-order valence-electron chi connectivity index (χ3n) is 3.41. The lowest BCUT2D eigenvalue weighted by Crippen LogP contribution is -2.30. The van der Waals surface area contributed by atoms with Crippen molar-refractivity contribution in [1.82, 2.24) is 9.88 Å². The second kappa shape index (κ2) is 6.38. The van der Waals surface area contributed by atoms with Gasteiger partial charge in [-0.25, -0.2) is 4.39 Å². The van der Waals surface area contributed by atoms with Gasteiger partial charge < -0.3 is 9.88 Å². The van der Waals surface area contributed by atoms with Crippen molar-refractivity contribution in [3.05, 3.63) is 64.9 Å². The van der Waals surface area contributed by atoms with E-state index in [0.717, 1.165) is 16.8 Å². The van der Waals surface area contributed by atoms with Crippen molar-refractivity contribution in [3.63, 3.8) is 0 Å². The van der Waals surface area contributed by atoms with Crippen molar-refractivity contribution in [2.24, 2.45) is 0 Å². The molecule has 2 aromatic heterocycles. The van der Waals surface area contributed by atoms with Gasteiger partial charge in [-0.1, -0.05) is 12.1 Å². The Kier molecular flexibility index (Phi) is 4.30. The minimum Gasteiger partial charge on any atom is -0.349 e. The first kappa shape index (κ1) is 15.5. The van der Waals surface area contributed by atoms with Crippen LogP contribution in [0.3, 0.4) is 0 Å². The summed E-state index contributed by atoms with van der Waals surface area (Å²) >= 11 is 1.40. The molecule has 1 aromatic carbocycles. The third kappa shape index (κ3) is 3.19. The third-order valence-corrected chi connectivity index (χ3v) is 4.38. The van der Waals surface area contributed by atoms with Crippen molar-refractivity contribution in [1.29, 1.82) is 0 Å². The summed E-state index contributed by atoms with van der Waals surface area (Å²) in [5.41, 5.74) is 2.62. The van der Waals surface area contributed by atoms with Crippen molar-refractivity contribution in [3.8, 4) is 16.8 Å². The summed E-state index contributed by atoms with van der Waals surface area (Å²) in [4.78, 5) is 13.1. The van der Waals surface area contributed by atoms with Gasteiger partial charge in [0.2, 0.25) is 0 Å². The molecule has 0 aliphatic carbocycles. The molecule has 5 heteroatoms. The van der Waals surface area contributed by atoms with Crippen LogP contribution in [-0.4, -0.2) is 16.5 Å². The van der Waals surface area contributed by atoms with E-state index >= 15 is 0 Å². The summed E-state index contributed by atoms with van der Waals surface area (Å²) < 4.78 is 15.1. The quantitative estimate of drug-likeness (QED) is 0.752. The molecule has 0 aliphatic heterocycles. The number of carbonyl (C=O) groups excluding carboxylic acids is 1. The fraction of sp³-hybridized carbons (Fsp3) is 0.167. The Morgan fingerprint density at radius 1 is 1.17 bits per heavy atom. The fourth-order valence-electron chi connectivity index (χ4n) is 2.41. The molecule has 0 bridgehead atoms. The highest BCUT2D eigenvalue weighted by atomic mass is 32.1. The zero-order valence-corrected chi connectivity index (χ0v) is 13.7. The van der Waals surface area contributed by atoms with Gasteiger partial charge in [-0.3, -0.25) is 4.79 Å². The summed E-state index contributed by atoms with van der Waals surface area (Å²) in [6.45, 7) is 3.86.